The molecular weight excluding hydrogens is 1130 g/mol. The van der Waals surface area contributed by atoms with Gasteiger partial charge in [0, 0.05) is 28.3 Å². The molecule has 0 aromatic heterocycles. The number of fused-ring (bicyclic) bond motifs is 3. The van der Waals surface area contributed by atoms with Crippen molar-refractivity contribution < 1.29 is 89.6 Å². The number of phenolic OH excluding ortho intramolecular Hbond substituents is 3. The van der Waals surface area contributed by atoms with Gasteiger partial charge in [0.05, 0.1) is 36.7 Å². The number of methoxy groups -OCH3 is 2. The molecule has 0 aliphatic rings. The number of nitrogens with zero attached hydrogens (tertiary/aromatic N) is 8. The standard InChI is InChI=1S/C44H33N9O20S5/c1-72-24-6-10-29(34(17-24)75(60,61)62)48-52-40-37(78(69,70)71)15-21-13-22(5-8-26(21)42(40)54)46-50-31-12-9-27-33(74(57,58)59)19-32(39(45)38(27)44(31)56)51-47-23-4-3-20-14-36(77(66,67)68)41(43(55)28(20)16-23)53-49-30-11-7-25(73-2)18-35(30)76(63,64)65/h3-19,54-56H,45H2,1-2H3,(H,57,58,59)(H,60,61,62)(H,63,64,65)(H,66,67,68)(H,69,70,71). The maximum Gasteiger partial charge on any atom is 0.296 e. The van der Waals surface area contributed by atoms with Crippen LogP contribution in [0, 0.1) is 0 Å². The van der Waals surface area contributed by atoms with Crippen LogP contribution in [-0.4, -0.2) is 94.4 Å². The van der Waals surface area contributed by atoms with E-state index >= 15 is 0 Å². The molecule has 0 heterocycles. The maximum atomic E-state index is 12.7. The lowest BCUT2D eigenvalue weighted by Crippen LogP contribution is -2.01. The number of hydrogen-bond donors (Lipinski definition) is 9. The second-order valence-corrected chi connectivity index (χ2v) is 22.9. The number of hydrogen-bond acceptors (Lipinski definition) is 24. The molecule has 0 fully saturated rings. The number of nitrogen functional groups attached to an aromatic ring is 1. The van der Waals surface area contributed by atoms with Crippen LogP contribution in [0.25, 0.3) is 32.3 Å². The summed E-state index contributed by atoms with van der Waals surface area (Å²) in [4.78, 5) is -4.43. The largest absolute Gasteiger partial charge is 0.505 e. The highest BCUT2D eigenvalue weighted by Crippen LogP contribution is 2.48. The molecule has 0 bridgehead atoms. The predicted molar refractivity (Wildman–Crippen MR) is 273 cm³/mol. The molecule has 0 saturated carbocycles. The molecule has 78 heavy (non-hydrogen) atoms. The number of anilines is 1. The minimum absolute atomic E-state index is 0.00709. The molecular formula is C44H33N9O20S5. The van der Waals surface area contributed by atoms with Gasteiger partial charge in [-0.1, -0.05) is 12.1 Å². The fourth-order valence-electron chi connectivity index (χ4n) is 7.47. The Labute approximate surface area is 438 Å². The number of aromatic hydroxyl groups is 3. The molecule has 0 aliphatic heterocycles. The number of benzene rings is 8. The number of azo groups is 4. The van der Waals surface area contributed by atoms with Gasteiger partial charge in [0.2, 0.25) is 0 Å². The van der Waals surface area contributed by atoms with Gasteiger partial charge < -0.3 is 30.5 Å². The molecule has 8 aromatic rings. The zero-order valence-corrected chi connectivity index (χ0v) is 43.1. The van der Waals surface area contributed by atoms with E-state index < -0.39 is 132 Å². The summed E-state index contributed by atoms with van der Waals surface area (Å²) in [7, 11) is -23.0. The summed E-state index contributed by atoms with van der Waals surface area (Å²) < 4.78 is 183. The summed E-state index contributed by atoms with van der Waals surface area (Å²) in [6.45, 7) is 0. The Morgan fingerprint density at radius 1 is 0.372 bits per heavy atom. The van der Waals surface area contributed by atoms with Crippen LogP contribution in [0.1, 0.15) is 0 Å². The van der Waals surface area contributed by atoms with Gasteiger partial charge in [-0.05, 0) is 89.6 Å². The van der Waals surface area contributed by atoms with Crippen LogP contribution < -0.4 is 15.2 Å². The SMILES string of the molecule is COc1ccc(N=Nc2c(S(=O)(=O)O)cc3cc(N=Nc4ccc5c(S(=O)(=O)O)cc(N=Nc6ccc7cc(S(=O)(=O)O)c(N=Nc8ccc(OC)cc8S(=O)(=O)O)c(O)c7c6)c(N)c5c4O)ccc3c2O)c(S(=O)(=O)O)c1. The smallest absolute Gasteiger partial charge is 0.296 e. The number of nitrogens with two attached hydrogens (primary N) is 1. The van der Waals surface area contributed by atoms with Crippen LogP contribution >= 0.6 is 0 Å². The average Bonchev–Trinajstić information content (AvgIpc) is 3.48. The highest BCUT2D eigenvalue weighted by atomic mass is 32.2. The second-order valence-electron chi connectivity index (χ2n) is 16.0. The third kappa shape index (κ3) is 11.2. The lowest BCUT2D eigenvalue weighted by atomic mass is 10.1. The van der Waals surface area contributed by atoms with Crippen LogP contribution in [0.4, 0.5) is 51.2 Å². The van der Waals surface area contributed by atoms with Gasteiger partial charge in [-0.2, -0.15) is 52.3 Å². The number of ether oxygens (including phenoxy) is 2. The van der Waals surface area contributed by atoms with E-state index in [2.05, 4.69) is 40.9 Å². The van der Waals surface area contributed by atoms with E-state index in [4.69, 9.17) is 15.2 Å². The first-order chi connectivity index (χ1) is 36.4. The van der Waals surface area contributed by atoms with E-state index in [0.717, 1.165) is 60.7 Å². The Kier molecular flexibility index (Phi) is 14.5. The first-order valence-electron chi connectivity index (χ1n) is 21.0. The van der Waals surface area contributed by atoms with Gasteiger partial charge in [-0.25, -0.2) is 0 Å². The fourth-order valence-corrected chi connectivity index (χ4v) is 10.8. The predicted octanol–water partition coefficient (Wildman–Crippen LogP) is 9.76. The minimum Gasteiger partial charge on any atom is -0.505 e. The Morgan fingerprint density at radius 2 is 0.795 bits per heavy atom. The van der Waals surface area contributed by atoms with Crippen molar-refractivity contribution in [1.29, 1.82) is 0 Å². The lowest BCUT2D eigenvalue weighted by Gasteiger charge is -2.12. The van der Waals surface area contributed by atoms with Crippen LogP contribution in [0.5, 0.6) is 28.7 Å². The molecule has 0 aliphatic carbocycles. The Morgan fingerprint density at radius 3 is 1.29 bits per heavy atom. The van der Waals surface area contributed by atoms with Gasteiger partial charge in [0.25, 0.3) is 50.6 Å². The van der Waals surface area contributed by atoms with E-state index in [0.29, 0.717) is 0 Å². The van der Waals surface area contributed by atoms with Crippen molar-refractivity contribution in [3.8, 4) is 28.7 Å². The highest BCUT2D eigenvalue weighted by molar-refractivity contribution is 7.87. The first-order valence-corrected chi connectivity index (χ1v) is 28.2. The van der Waals surface area contributed by atoms with Crippen molar-refractivity contribution in [1.82, 2.24) is 0 Å². The number of phenols is 3. The van der Waals surface area contributed by atoms with Crippen molar-refractivity contribution in [3.63, 3.8) is 0 Å². The van der Waals surface area contributed by atoms with Crippen molar-refractivity contribution >= 4 is 134 Å². The molecule has 8 aromatic carbocycles. The zero-order chi connectivity index (χ0) is 57.0. The average molecular weight is 1170 g/mol. The lowest BCUT2D eigenvalue weighted by molar-refractivity contribution is 0.412. The molecule has 0 saturated heterocycles. The summed E-state index contributed by atoms with van der Waals surface area (Å²) in [5.74, 6) is -2.67. The van der Waals surface area contributed by atoms with E-state index in [1.54, 1.807) is 0 Å². The van der Waals surface area contributed by atoms with Crippen molar-refractivity contribution in [2.24, 2.45) is 40.9 Å². The van der Waals surface area contributed by atoms with Gasteiger partial charge in [0.1, 0.15) is 70.1 Å². The highest BCUT2D eigenvalue weighted by Gasteiger charge is 2.27. The summed E-state index contributed by atoms with van der Waals surface area (Å²) in [5.41, 5.74) is 2.07. The fraction of sp³-hybridized carbons (Fsp3) is 0.0455. The van der Waals surface area contributed by atoms with E-state index in [1.165, 1.54) is 56.7 Å². The summed E-state index contributed by atoms with van der Waals surface area (Å²) in [6, 6.07) is 18.3. The normalized spacial score (nSPS) is 13.1. The van der Waals surface area contributed by atoms with E-state index in [9.17, 15) is 80.2 Å². The molecule has 0 unspecified atom stereocenters. The maximum absolute atomic E-state index is 12.7. The van der Waals surface area contributed by atoms with Crippen molar-refractivity contribution in [3.05, 3.63) is 103 Å². The quantitative estimate of drug-likeness (QED) is 0.0262. The minimum atomic E-state index is -5.21. The van der Waals surface area contributed by atoms with Gasteiger partial charge in [-0.3, -0.25) is 22.8 Å². The van der Waals surface area contributed by atoms with Crippen LogP contribution in [0.3, 0.4) is 0 Å². The Bertz CT molecular complexity index is 4620. The number of rotatable bonds is 15. The molecule has 0 radical (unpaired) electrons. The molecule has 404 valence electrons. The molecule has 0 amide bonds. The van der Waals surface area contributed by atoms with E-state index in [-0.39, 0.29) is 55.5 Å². The third-order valence-electron chi connectivity index (χ3n) is 11.1. The van der Waals surface area contributed by atoms with Crippen molar-refractivity contribution in [2.45, 2.75) is 24.5 Å². The Balaban J connectivity index is 1.16. The zero-order valence-electron chi connectivity index (χ0n) is 39.0. The summed E-state index contributed by atoms with van der Waals surface area (Å²) in [6.07, 6.45) is 0. The molecule has 10 N–H and O–H groups in total. The summed E-state index contributed by atoms with van der Waals surface area (Å²) in [5, 5.41) is 63.5. The van der Waals surface area contributed by atoms with Crippen LogP contribution in [0.15, 0.2) is 169 Å². The Hall–Kier alpha value is -8.71. The van der Waals surface area contributed by atoms with Gasteiger partial charge in [-0.15, -0.1) is 30.7 Å². The molecule has 34 heteroatoms. The monoisotopic (exact) mass is 1170 g/mol. The van der Waals surface area contributed by atoms with Crippen LogP contribution in [-0.2, 0) is 50.6 Å². The van der Waals surface area contributed by atoms with Crippen LogP contribution in [0.2, 0.25) is 0 Å². The van der Waals surface area contributed by atoms with Gasteiger partial charge in [0.15, 0.2) is 17.2 Å². The topological polar surface area (TPSA) is 476 Å². The second kappa shape index (κ2) is 20.3. The molecule has 0 spiro atoms. The van der Waals surface area contributed by atoms with E-state index in [1.807, 2.05) is 0 Å². The summed E-state index contributed by atoms with van der Waals surface area (Å²) >= 11 is 0. The van der Waals surface area contributed by atoms with Gasteiger partial charge >= 0.3 is 0 Å². The molecule has 8 rings (SSSR count). The first kappa shape index (κ1) is 55.5. The molecule has 0 atom stereocenters. The third-order valence-corrected chi connectivity index (χ3v) is 15.5. The molecule has 29 nitrogen and oxygen atoms in total. The van der Waals surface area contributed by atoms with Crippen molar-refractivity contribution in [2.75, 3.05) is 20.0 Å².